The number of rotatable bonds is 5. The quantitative estimate of drug-likeness (QED) is 0.465. The van der Waals surface area contributed by atoms with Crippen molar-refractivity contribution < 1.29 is 4.48 Å². The molecule has 0 aliphatic heterocycles. The Morgan fingerprint density at radius 1 is 1.18 bits per heavy atom. The standard InChI is InChI=1S/C9H23N2/c1-9(2)8-10-6-7-11(3,4)5/h9-10H,6-8H2,1-5H3/q+1. The van der Waals surface area contributed by atoms with Gasteiger partial charge < -0.3 is 9.80 Å². The SMILES string of the molecule is CC(C)CNCC[N+](C)(C)C. The number of nitrogens with one attached hydrogen (secondary N) is 1. The molecule has 1 N–H and O–H groups in total. The van der Waals surface area contributed by atoms with Gasteiger partial charge in [-0.3, -0.25) is 0 Å². The fourth-order valence-electron chi connectivity index (χ4n) is 0.805. The van der Waals surface area contributed by atoms with Gasteiger partial charge in [0.15, 0.2) is 0 Å². The van der Waals surface area contributed by atoms with E-state index >= 15 is 0 Å². The molecular weight excluding hydrogens is 136 g/mol. The average molecular weight is 159 g/mol. The smallest absolute Gasteiger partial charge is 0.0907 e. The fourth-order valence-corrected chi connectivity index (χ4v) is 0.805. The zero-order valence-corrected chi connectivity index (χ0v) is 8.65. The highest BCUT2D eigenvalue weighted by molar-refractivity contribution is 4.49. The summed E-state index contributed by atoms with van der Waals surface area (Å²) in [5, 5.41) is 3.43. The van der Waals surface area contributed by atoms with Crippen molar-refractivity contribution in [3.8, 4) is 0 Å². The molecule has 0 saturated heterocycles. The monoisotopic (exact) mass is 159 g/mol. The predicted octanol–water partition coefficient (Wildman–Crippen LogP) is 0.938. The van der Waals surface area contributed by atoms with Crippen LogP contribution in [0, 0.1) is 5.92 Å². The molecule has 0 radical (unpaired) electrons. The molecule has 0 aliphatic carbocycles. The van der Waals surface area contributed by atoms with Crippen LogP contribution in [-0.4, -0.2) is 45.3 Å². The van der Waals surface area contributed by atoms with Crippen LogP contribution in [0.2, 0.25) is 0 Å². The van der Waals surface area contributed by atoms with E-state index in [2.05, 4.69) is 40.3 Å². The van der Waals surface area contributed by atoms with Crippen molar-refractivity contribution >= 4 is 0 Å². The van der Waals surface area contributed by atoms with Gasteiger partial charge in [-0.25, -0.2) is 0 Å². The lowest BCUT2D eigenvalue weighted by molar-refractivity contribution is -0.869. The van der Waals surface area contributed by atoms with Gasteiger partial charge in [0.05, 0.1) is 27.7 Å². The zero-order chi connectivity index (χ0) is 8.91. The highest BCUT2D eigenvalue weighted by Crippen LogP contribution is 1.89. The average Bonchev–Trinajstić information content (AvgIpc) is 1.78. The normalized spacial score (nSPS) is 12.5. The first-order valence-corrected chi connectivity index (χ1v) is 4.43. The maximum atomic E-state index is 3.43. The zero-order valence-electron chi connectivity index (χ0n) is 8.65. The second-order valence-corrected chi connectivity index (χ2v) is 4.61. The Bertz CT molecular complexity index is 92.2. The second kappa shape index (κ2) is 4.73. The second-order valence-electron chi connectivity index (χ2n) is 4.61. The molecule has 0 amide bonds. The summed E-state index contributed by atoms with van der Waals surface area (Å²) in [6.45, 7) is 7.94. The summed E-state index contributed by atoms with van der Waals surface area (Å²) < 4.78 is 1.05. The van der Waals surface area contributed by atoms with Gasteiger partial charge in [0.2, 0.25) is 0 Å². The van der Waals surface area contributed by atoms with Crippen LogP contribution in [0.3, 0.4) is 0 Å². The molecule has 0 aliphatic rings. The van der Waals surface area contributed by atoms with Crippen LogP contribution in [0.5, 0.6) is 0 Å². The summed E-state index contributed by atoms with van der Waals surface area (Å²) in [5.41, 5.74) is 0. The van der Waals surface area contributed by atoms with Crippen molar-refractivity contribution in [3.05, 3.63) is 0 Å². The van der Waals surface area contributed by atoms with Gasteiger partial charge in [-0.15, -0.1) is 0 Å². The third-order valence-corrected chi connectivity index (χ3v) is 1.51. The fraction of sp³-hybridized carbons (Fsp3) is 1.00. The van der Waals surface area contributed by atoms with E-state index in [1.165, 1.54) is 6.54 Å². The van der Waals surface area contributed by atoms with Gasteiger partial charge in [0.1, 0.15) is 0 Å². The molecular formula is C9H23N2+. The Morgan fingerprint density at radius 2 is 1.73 bits per heavy atom. The van der Waals surface area contributed by atoms with Gasteiger partial charge >= 0.3 is 0 Å². The largest absolute Gasteiger partial charge is 0.330 e. The van der Waals surface area contributed by atoms with Crippen LogP contribution in [0.15, 0.2) is 0 Å². The molecule has 2 nitrogen and oxygen atoms in total. The number of nitrogens with zero attached hydrogens (tertiary/aromatic N) is 1. The van der Waals surface area contributed by atoms with Crippen molar-refractivity contribution in [3.63, 3.8) is 0 Å². The molecule has 0 heterocycles. The molecule has 0 fully saturated rings. The van der Waals surface area contributed by atoms with E-state index in [0.717, 1.165) is 23.5 Å². The molecule has 0 saturated carbocycles. The highest BCUT2D eigenvalue weighted by atomic mass is 15.3. The van der Waals surface area contributed by atoms with Crippen LogP contribution in [-0.2, 0) is 0 Å². The summed E-state index contributed by atoms with van der Waals surface area (Å²) in [6, 6.07) is 0. The Hall–Kier alpha value is -0.0800. The third kappa shape index (κ3) is 9.92. The van der Waals surface area contributed by atoms with Gasteiger partial charge in [-0.2, -0.15) is 0 Å². The summed E-state index contributed by atoms with van der Waals surface area (Å²) >= 11 is 0. The molecule has 0 spiro atoms. The van der Waals surface area contributed by atoms with E-state index in [1.54, 1.807) is 0 Å². The van der Waals surface area contributed by atoms with Crippen LogP contribution in [0.25, 0.3) is 0 Å². The highest BCUT2D eigenvalue weighted by Gasteiger charge is 2.04. The lowest BCUT2D eigenvalue weighted by atomic mass is 10.2. The van der Waals surface area contributed by atoms with E-state index in [1.807, 2.05) is 0 Å². The molecule has 68 valence electrons. The molecule has 0 aromatic carbocycles. The first kappa shape index (κ1) is 10.9. The Morgan fingerprint density at radius 3 is 2.09 bits per heavy atom. The van der Waals surface area contributed by atoms with Crippen molar-refractivity contribution in [1.29, 1.82) is 0 Å². The third-order valence-electron chi connectivity index (χ3n) is 1.51. The predicted molar refractivity (Wildman–Crippen MR) is 50.6 cm³/mol. The molecule has 2 heteroatoms. The molecule has 0 rings (SSSR count). The Kier molecular flexibility index (Phi) is 4.69. The van der Waals surface area contributed by atoms with E-state index < -0.39 is 0 Å². The van der Waals surface area contributed by atoms with E-state index in [-0.39, 0.29) is 0 Å². The van der Waals surface area contributed by atoms with Crippen molar-refractivity contribution in [2.45, 2.75) is 13.8 Å². The van der Waals surface area contributed by atoms with Crippen LogP contribution < -0.4 is 5.32 Å². The van der Waals surface area contributed by atoms with Crippen LogP contribution in [0.1, 0.15) is 13.8 Å². The van der Waals surface area contributed by atoms with Gasteiger partial charge in [-0.1, -0.05) is 13.8 Å². The van der Waals surface area contributed by atoms with Crippen molar-refractivity contribution in [2.75, 3.05) is 40.8 Å². The van der Waals surface area contributed by atoms with Crippen LogP contribution in [0.4, 0.5) is 0 Å². The number of hydrogen-bond acceptors (Lipinski definition) is 1. The minimum Gasteiger partial charge on any atom is -0.330 e. The molecule has 11 heavy (non-hydrogen) atoms. The lowest BCUT2D eigenvalue weighted by Crippen LogP contribution is -2.41. The summed E-state index contributed by atoms with van der Waals surface area (Å²) in [6.07, 6.45) is 0. The van der Waals surface area contributed by atoms with Gasteiger partial charge in [0, 0.05) is 6.54 Å². The number of hydrogen-bond donors (Lipinski definition) is 1. The Labute approximate surface area is 71.2 Å². The summed E-state index contributed by atoms with van der Waals surface area (Å²) in [5.74, 6) is 0.766. The molecule has 0 atom stereocenters. The Balaban J connectivity index is 3.15. The topological polar surface area (TPSA) is 12.0 Å². The number of likely N-dealkylation sites (N-methyl/N-ethyl adjacent to an activating group) is 1. The molecule has 0 bridgehead atoms. The maximum absolute atomic E-state index is 3.43. The minimum atomic E-state index is 0.766. The lowest BCUT2D eigenvalue weighted by Gasteiger charge is -2.24. The minimum absolute atomic E-state index is 0.766. The van der Waals surface area contributed by atoms with Gasteiger partial charge in [-0.05, 0) is 12.5 Å². The first-order chi connectivity index (χ1) is 4.92. The number of quaternary nitrogens is 1. The maximum Gasteiger partial charge on any atom is 0.0907 e. The van der Waals surface area contributed by atoms with Crippen molar-refractivity contribution in [1.82, 2.24) is 5.32 Å². The summed E-state index contributed by atoms with van der Waals surface area (Å²) in [4.78, 5) is 0. The molecule has 0 unspecified atom stereocenters. The van der Waals surface area contributed by atoms with E-state index in [0.29, 0.717) is 0 Å². The van der Waals surface area contributed by atoms with E-state index in [9.17, 15) is 0 Å². The van der Waals surface area contributed by atoms with Crippen LogP contribution >= 0.6 is 0 Å². The van der Waals surface area contributed by atoms with E-state index in [4.69, 9.17) is 0 Å². The van der Waals surface area contributed by atoms with Gasteiger partial charge in [0.25, 0.3) is 0 Å². The summed E-state index contributed by atoms with van der Waals surface area (Å²) in [7, 11) is 6.66. The van der Waals surface area contributed by atoms with Crippen molar-refractivity contribution in [2.24, 2.45) is 5.92 Å². The molecule has 0 aromatic rings. The molecule has 0 aromatic heterocycles. The first-order valence-electron chi connectivity index (χ1n) is 4.43.